The van der Waals surface area contributed by atoms with Crippen LogP contribution in [-0.4, -0.2) is 16.6 Å². The minimum absolute atomic E-state index is 0.107. The Kier molecular flexibility index (Phi) is 5.05. The van der Waals surface area contributed by atoms with E-state index in [9.17, 15) is 23.7 Å². The fraction of sp³-hybridized carbons (Fsp3) is 0.0714. The van der Waals surface area contributed by atoms with E-state index >= 15 is 0 Å². The van der Waals surface area contributed by atoms with Gasteiger partial charge in [-0.3, -0.25) is 14.9 Å². The summed E-state index contributed by atoms with van der Waals surface area (Å²) in [6.45, 7) is 0. The molecule has 5 nitrogen and oxygen atoms in total. The number of nitro groups is 1. The molecule has 1 amide bonds. The summed E-state index contributed by atoms with van der Waals surface area (Å²) in [7, 11) is 0. The van der Waals surface area contributed by atoms with Gasteiger partial charge in [0.05, 0.1) is 4.92 Å². The van der Waals surface area contributed by atoms with E-state index in [1.807, 2.05) is 0 Å². The third-order valence-electron chi connectivity index (χ3n) is 2.68. The highest BCUT2D eigenvalue weighted by Crippen LogP contribution is 2.26. The van der Waals surface area contributed by atoms with Gasteiger partial charge in [-0.1, -0.05) is 11.8 Å². The van der Waals surface area contributed by atoms with Crippen LogP contribution in [0, 0.1) is 10.1 Å². The molecule has 0 aromatic heterocycles. The summed E-state index contributed by atoms with van der Waals surface area (Å²) in [4.78, 5) is 22.3. The number of nitrogens with zero attached hydrogens (tertiary/aromatic N) is 1. The van der Waals surface area contributed by atoms with Crippen LogP contribution in [0.15, 0.2) is 53.4 Å². The molecule has 0 unspecified atom stereocenters. The van der Waals surface area contributed by atoms with Crippen molar-refractivity contribution in [1.29, 1.82) is 0 Å². The van der Waals surface area contributed by atoms with E-state index in [1.165, 1.54) is 48.5 Å². The second-order valence-corrected chi connectivity index (χ2v) is 5.22. The first-order valence-electron chi connectivity index (χ1n) is 6.06. The van der Waals surface area contributed by atoms with E-state index in [4.69, 9.17) is 0 Å². The second-order valence-electron chi connectivity index (χ2n) is 4.16. The Balaban J connectivity index is 2.03. The maximum atomic E-state index is 12.2. The molecule has 0 heterocycles. The average molecular weight is 324 g/mol. The topological polar surface area (TPSA) is 72.2 Å². The summed E-state index contributed by atoms with van der Waals surface area (Å²) in [5, 5.41) is 13.1. The third-order valence-corrected chi connectivity index (χ3v) is 3.40. The molecule has 0 radical (unpaired) electrons. The Bertz CT molecular complexity index is 675. The number of nitro benzene ring substituents is 1. The summed E-state index contributed by atoms with van der Waals surface area (Å²) in [5.41, 5.74) is 0.600. The lowest BCUT2D eigenvalue weighted by molar-refractivity contribution is -0.384. The van der Waals surface area contributed by atoms with Gasteiger partial charge in [-0.25, -0.2) is 0 Å². The Hall–Kier alpha value is -2.48. The molecule has 0 saturated heterocycles. The number of rotatable bonds is 5. The molecule has 2 rings (SSSR count). The molecule has 0 atom stereocenters. The zero-order valence-electron chi connectivity index (χ0n) is 11.0. The van der Waals surface area contributed by atoms with Crippen LogP contribution in [0.3, 0.4) is 0 Å². The molecule has 0 aliphatic heterocycles. The van der Waals surface area contributed by atoms with Crippen molar-refractivity contribution in [3.05, 3.63) is 64.2 Å². The number of non-ortho nitro benzene ring substituents is 1. The van der Waals surface area contributed by atoms with Crippen LogP contribution in [-0.2, 0) is 0 Å². The van der Waals surface area contributed by atoms with Gasteiger partial charge in [-0.05, 0) is 36.4 Å². The van der Waals surface area contributed by atoms with Gasteiger partial charge in [0.1, 0.15) is 0 Å². The number of anilines is 1. The molecule has 114 valence electrons. The first-order chi connectivity index (χ1) is 10.5. The fourth-order valence-corrected chi connectivity index (χ4v) is 2.16. The van der Waals surface area contributed by atoms with E-state index in [0.717, 1.165) is 0 Å². The van der Waals surface area contributed by atoms with Crippen LogP contribution in [0.5, 0.6) is 0 Å². The summed E-state index contributed by atoms with van der Waals surface area (Å²) in [6.07, 6.45) is 0. The molecule has 0 aliphatic rings. The van der Waals surface area contributed by atoms with Crippen molar-refractivity contribution in [2.24, 2.45) is 0 Å². The van der Waals surface area contributed by atoms with Gasteiger partial charge < -0.3 is 5.32 Å². The molecule has 2 aromatic carbocycles. The van der Waals surface area contributed by atoms with E-state index in [0.29, 0.717) is 22.3 Å². The van der Waals surface area contributed by atoms with E-state index in [2.05, 4.69) is 5.32 Å². The second kappa shape index (κ2) is 6.99. The molecule has 2 aromatic rings. The number of hydrogen-bond donors (Lipinski definition) is 1. The van der Waals surface area contributed by atoms with Crippen molar-refractivity contribution in [2.45, 2.75) is 10.7 Å². The molecule has 0 bridgehead atoms. The first kappa shape index (κ1) is 15.9. The predicted octanol–water partition coefficient (Wildman–Crippen LogP) is 4.16. The van der Waals surface area contributed by atoms with Crippen molar-refractivity contribution < 1.29 is 18.5 Å². The number of alkyl halides is 2. The highest BCUT2D eigenvalue weighted by Gasteiger charge is 2.10. The summed E-state index contributed by atoms with van der Waals surface area (Å²) in [5.74, 6) is -2.94. The smallest absolute Gasteiger partial charge is 0.288 e. The van der Waals surface area contributed by atoms with Crippen LogP contribution < -0.4 is 5.32 Å². The normalized spacial score (nSPS) is 10.5. The zero-order chi connectivity index (χ0) is 16.1. The van der Waals surface area contributed by atoms with Crippen molar-refractivity contribution in [1.82, 2.24) is 0 Å². The number of carbonyl (C=O) groups is 1. The number of benzene rings is 2. The molecular formula is C14H10F2N2O3S. The predicted molar refractivity (Wildman–Crippen MR) is 79.4 cm³/mol. The monoisotopic (exact) mass is 324 g/mol. The highest BCUT2D eigenvalue weighted by molar-refractivity contribution is 7.99. The Morgan fingerprint density at radius 3 is 2.18 bits per heavy atom. The van der Waals surface area contributed by atoms with E-state index in [1.54, 1.807) is 0 Å². The fourth-order valence-electron chi connectivity index (χ4n) is 1.66. The van der Waals surface area contributed by atoms with Gasteiger partial charge in [0.2, 0.25) is 0 Å². The Morgan fingerprint density at radius 1 is 1.09 bits per heavy atom. The molecule has 0 saturated carbocycles. The van der Waals surface area contributed by atoms with Gasteiger partial charge in [0, 0.05) is 28.3 Å². The molecule has 8 heteroatoms. The lowest BCUT2D eigenvalue weighted by atomic mass is 10.2. The standard InChI is InChI=1S/C14H10F2N2O3S/c15-14(16)22-12-7-3-10(4-8-12)17-13(19)9-1-5-11(6-2-9)18(20)21/h1-8,14H,(H,17,19). The lowest BCUT2D eigenvalue weighted by Crippen LogP contribution is -2.11. The van der Waals surface area contributed by atoms with Crippen LogP contribution in [0.2, 0.25) is 0 Å². The minimum Gasteiger partial charge on any atom is -0.322 e. The Morgan fingerprint density at radius 2 is 1.68 bits per heavy atom. The van der Waals surface area contributed by atoms with E-state index < -0.39 is 16.6 Å². The van der Waals surface area contributed by atoms with E-state index in [-0.39, 0.29) is 11.3 Å². The quantitative estimate of drug-likeness (QED) is 0.509. The maximum absolute atomic E-state index is 12.2. The lowest BCUT2D eigenvalue weighted by Gasteiger charge is -2.06. The number of hydrogen-bond acceptors (Lipinski definition) is 4. The average Bonchev–Trinajstić information content (AvgIpc) is 2.49. The van der Waals surface area contributed by atoms with Crippen molar-refractivity contribution in [3.8, 4) is 0 Å². The summed E-state index contributed by atoms with van der Waals surface area (Å²) >= 11 is 0.417. The minimum atomic E-state index is -2.50. The van der Waals surface area contributed by atoms with Gasteiger partial charge >= 0.3 is 0 Å². The number of thioether (sulfide) groups is 1. The molecule has 0 fully saturated rings. The van der Waals surface area contributed by atoms with Crippen LogP contribution in [0.1, 0.15) is 10.4 Å². The molecule has 1 N–H and O–H groups in total. The molecule has 22 heavy (non-hydrogen) atoms. The van der Waals surface area contributed by atoms with Gasteiger partial charge in [0.25, 0.3) is 17.4 Å². The largest absolute Gasteiger partial charge is 0.322 e. The van der Waals surface area contributed by atoms with Crippen molar-refractivity contribution in [2.75, 3.05) is 5.32 Å². The number of nitrogens with one attached hydrogen (secondary N) is 1. The molecule has 0 spiro atoms. The summed E-state index contributed by atoms with van der Waals surface area (Å²) in [6, 6.07) is 11.1. The first-order valence-corrected chi connectivity index (χ1v) is 6.94. The molecular weight excluding hydrogens is 314 g/mol. The third kappa shape index (κ3) is 4.26. The van der Waals surface area contributed by atoms with Gasteiger partial charge in [-0.15, -0.1) is 0 Å². The number of amides is 1. The summed E-state index contributed by atoms with van der Waals surface area (Å²) < 4.78 is 24.4. The SMILES string of the molecule is O=C(Nc1ccc(SC(F)F)cc1)c1ccc([N+](=O)[O-])cc1. The highest BCUT2D eigenvalue weighted by atomic mass is 32.2. The number of carbonyl (C=O) groups excluding carboxylic acids is 1. The number of halogens is 2. The van der Waals surface area contributed by atoms with Gasteiger partial charge in [0.15, 0.2) is 0 Å². The molecule has 0 aliphatic carbocycles. The zero-order valence-corrected chi connectivity index (χ0v) is 11.8. The van der Waals surface area contributed by atoms with Crippen molar-refractivity contribution >= 4 is 29.0 Å². The van der Waals surface area contributed by atoms with Gasteiger partial charge in [-0.2, -0.15) is 8.78 Å². The van der Waals surface area contributed by atoms with Crippen molar-refractivity contribution in [3.63, 3.8) is 0 Å². The van der Waals surface area contributed by atoms with Crippen LogP contribution in [0.4, 0.5) is 20.2 Å². The maximum Gasteiger partial charge on any atom is 0.288 e. The van der Waals surface area contributed by atoms with Crippen LogP contribution in [0.25, 0.3) is 0 Å². The Labute approximate surface area is 128 Å². The van der Waals surface area contributed by atoms with Crippen LogP contribution >= 0.6 is 11.8 Å².